The van der Waals surface area contributed by atoms with E-state index in [2.05, 4.69) is 4.98 Å². The summed E-state index contributed by atoms with van der Waals surface area (Å²) in [6, 6.07) is 9.12. The van der Waals surface area contributed by atoms with Crippen molar-refractivity contribution in [2.75, 3.05) is 19.7 Å². The van der Waals surface area contributed by atoms with Gasteiger partial charge in [0.2, 0.25) is 5.56 Å². The molecule has 1 atom stereocenters. The maximum atomic E-state index is 13.1. The molecule has 1 aromatic heterocycles. The molecule has 0 bridgehead atoms. The van der Waals surface area contributed by atoms with Gasteiger partial charge in [0.15, 0.2) is 0 Å². The molecule has 0 saturated carbocycles. The summed E-state index contributed by atoms with van der Waals surface area (Å²) in [5, 5.41) is 0. The van der Waals surface area contributed by atoms with E-state index in [0.29, 0.717) is 31.7 Å². The molecule has 0 aliphatic carbocycles. The van der Waals surface area contributed by atoms with Crippen LogP contribution < -0.4 is 5.56 Å². The summed E-state index contributed by atoms with van der Waals surface area (Å²) in [7, 11) is 0. The van der Waals surface area contributed by atoms with Gasteiger partial charge < -0.3 is 14.6 Å². The van der Waals surface area contributed by atoms with Gasteiger partial charge in [0.1, 0.15) is 11.9 Å². The number of H-pyrrole nitrogens is 1. The molecule has 1 fully saturated rings. The van der Waals surface area contributed by atoms with Crippen LogP contribution >= 0.6 is 0 Å². The summed E-state index contributed by atoms with van der Waals surface area (Å²) in [5.74, 6) is -0.496. The van der Waals surface area contributed by atoms with Gasteiger partial charge in [-0.2, -0.15) is 0 Å². The third kappa shape index (κ3) is 3.54. The van der Waals surface area contributed by atoms with Gasteiger partial charge >= 0.3 is 0 Å². The molecule has 1 amide bonds. The number of morpholine rings is 1. The third-order valence-electron chi connectivity index (χ3n) is 4.12. The Kier molecular flexibility index (Phi) is 4.76. The molecule has 2 aromatic rings. The Morgan fingerprint density at radius 2 is 2.08 bits per heavy atom. The smallest absolute Gasteiger partial charge is 0.254 e. The first kappa shape index (κ1) is 16.4. The Morgan fingerprint density at radius 1 is 1.33 bits per heavy atom. The number of amides is 1. The number of nitrogens with one attached hydrogen (secondary N) is 1. The second kappa shape index (κ2) is 6.97. The predicted molar refractivity (Wildman–Crippen MR) is 87.4 cm³/mol. The van der Waals surface area contributed by atoms with Gasteiger partial charge in [0.25, 0.3) is 5.91 Å². The molecule has 0 radical (unpaired) electrons. The number of nitrogens with zero attached hydrogens (tertiary/aromatic N) is 1. The zero-order valence-corrected chi connectivity index (χ0v) is 13.4. The summed E-state index contributed by atoms with van der Waals surface area (Å²) in [5.41, 5.74) is 1.67. The molecule has 1 aliphatic heterocycles. The topological polar surface area (TPSA) is 62.4 Å². The summed E-state index contributed by atoms with van der Waals surface area (Å²) in [6.07, 6.45) is 0.355. The first-order valence-corrected chi connectivity index (χ1v) is 7.96. The molecule has 1 aliphatic rings. The fourth-order valence-electron chi connectivity index (χ4n) is 2.81. The minimum atomic E-state index is -0.307. The van der Waals surface area contributed by atoms with Crippen molar-refractivity contribution in [3.05, 3.63) is 69.4 Å². The number of carbonyl (C=O) groups is 1. The number of benzene rings is 1. The van der Waals surface area contributed by atoms with E-state index in [1.54, 1.807) is 23.1 Å². The maximum absolute atomic E-state index is 13.1. The number of carbonyl (C=O) groups excluding carboxylic acids is 1. The van der Waals surface area contributed by atoms with E-state index in [1.165, 1.54) is 18.2 Å². The van der Waals surface area contributed by atoms with Crippen molar-refractivity contribution in [3.8, 4) is 0 Å². The van der Waals surface area contributed by atoms with Crippen molar-refractivity contribution in [1.82, 2.24) is 9.88 Å². The molecule has 0 spiro atoms. The molecule has 5 nitrogen and oxygen atoms in total. The molecule has 126 valence electrons. The monoisotopic (exact) mass is 330 g/mol. The number of aryl methyl sites for hydroxylation is 1. The van der Waals surface area contributed by atoms with Crippen LogP contribution in [-0.4, -0.2) is 35.5 Å². The molecule has 3 rings (SSSR count). The standard InChI is InChI=1S/C18H19FN2O3/c1-2-15-9-13(10-17(22)20-15)18(23)21-7-8-24-16(11-21)12-3-5-14(19)6-4-12/h3-6,9-10,16H,2,7-8,11H2,1H3,(H,20,22)/t16-/m1/s1. The molecule has 2 heterocycles. The molecule has 6 heteroatoms. The van der Waals surface area contributed by atoms with Crippen LogP contribution in [-0.2, 0) is 11.2 Å². The van der Waals surface area contributed by atoms with Crippen LogP contribution in [0.5, 0.6) is 0 Å². The summed E-state index contributed by atoms with van der Waals surface area (Å²) >= 11 is 0. The highest BCUT2D eigenvalue weighted by Crippen LogP contribution is 2.23. The Morgan fingerprint density at radius 3 is 2.79 bits per heavy atom. The van der Waals surface area contributed by atoms with Gasteiger partial charge in [0, 0.05) is 23.9 Å². The number of halogens is 1. The summed E-state index contributed by atoms with van der Waals surface area (Å²) in [4.78, 5) is 28.8. The van der Waals surface area contributed by atoms with Gasteiger partial charge in [-0.15, -0.1) is 0 Å². The minimum absolute atomic E-state index is 0.189. The number of rotatable bonds is 3. The van der Waals surface area contributed by atoms with E-state index in [4.69, 9.17) is 4.74 Å². The number of hydrogen-bond donors (Lipinski definition) is 1. The van der Waals surface area contributed by atoms with E-state index in [0.717, 1.165) is 11.3 Å². The van der Waals surface area contributed by atoms with E-state index in [9.17, 15) is 14.0 Å². The van der Waals surface area contributed by atoms with Gasteiger partial charge in [-0.25, -0.2) is 4.39 Å². The lowest BCUT2D eigenvalue weighted by atomic mass is 10.1. The van der Waals surface area contributed by atoms with Crippen molar-refractivity contribution in [1.29, 1.82) is 0 Å². The van der Waals surface area contributed by atoms with Crippen LogP contribution in [0.4, 0.5) is 4.39 Å². The highest BCUT2D eigenvalue weighted by Gasteiger charge is 2.26. The van der Waals surface area contributed by atoms with Gasteiger partial charge in [-0.3, -0.25) is 9.59 Å². The normalized spacial score (nSPS) is 17.8. The quantitative estimate of drug-likeness (QED) is 0.939. The van der Waals surface area contributed by atoms with Crippen LogP contribution in [0.3, 0.4) is 0 Å². The number of hydrogen-bond acceptors (Lipinski definition) is 3. The van der Waals surface area contributed by atoms with Crippen molar-refractivity contribution in [3.63, 3.8) is 0 Å². The highest BCUT2D eigenvalue weighted by molar-refractivity contribution is 5.94. The lowest BCUT2D eigenvalue weighted by molar-refractivity contribution is -0.0228. The molecule has 1 N–H and O–H groups in total. The minimum Gasteiger partial charge on any atom is -0.370 e. The fourth-order valence-corrected chi connectivity index (χ4v) is 2.81. The molecule has 1 saturated heterocycles. The van der Waals surface area contributed by atoms with Gasteiger partial charge in [0.05, 0.1) is 13.2 Å². The Labute approximate surface area is 139 Å². The van der Waals surface area contributed by atoms with Crippen molar-refractivity contribution in [2.24, 2.45) is 0 Å². The SMILES string of the molecule is CCc1cc(C(=O)N2CCO[C@@H](c3ccc(F)cc3)C2)cc(=O)[nH]1. The largest absolute Gasteiger partial charge is 0.370 e. The Bertz CT molecular complexity index is 786. The van der Waals surface area contributed by atoms with Gasteiger partial charge in [-0.05, 0) is 30.2 Å². The Hall–Kier alpha value is -2.47. The zero-order chi connectivity index (χ0) is 17.1. The summed E-state index contributed by atoms with van der Waals surface area (Å²) in [6.45, 7) is 3.15. The predicted octanol–water partition coefficient (Wildman–Crippen LogP) is 2.29. The fraction of sp³-hybridized carbons (Fsp3) is 0.333. The molecular formula is C18H19FN2O3. The van der Waals surface area contributed by atoms with Crippen LogP contribution in [0.15, 0.2) is 41.2 Å². The van der Waals surface area contributed by atoms with Crippen molar-refractivity contribution < 1.29 is 13.9 Å². The average molecular weight is 330 g/mol. The maximum Gasteiger partial charge on any atom is 0.254 e. The summed E-state index contributed by atoms with van der Waals surface area (Å²) < 4.78 is 18.8. The average Bonchev–Trinajstić information content (AvgIpc) is 2.61. The lowest BCUT2D eigenvalue weighted by Crippen LogP contribution is -2.42. The van der Waals surface area contributed by atoms with E-state index < -0.39 is 0 Å². The molecule has 1 aromatic carbocycles. The second-order valence-corrected chi connectivity index (χ2v) is 5.77. The number of aromatic amines is 1. The second-order valence-electron chi connectivity index (χ2n) is 5.77. The first-order chi connectivity index (χ1) is 11.6. The number of pyridine rings is 1. The molecule has 0 unspecified atom stereocenters. The van der Waals surface area contributed by atoms with E-state index in [-0.39, 0.29) is 23.4 Å². The first-order valence-electron chi connectivity index (χ1n) is 7.96. The van der Waals surface area contributed by atoms with Crippen LogP contribution in [0.1, 0.15) is 34.6 Å². The van der Waals surface area contributed by atoms with Gasteiger partial charge in [-0.1, -0.05) is 19.1 Å². The Balaban J connectivity index is 1.79. The third-order valence-corrected chi connectivity index (χ3v) is 4.12. The van der Waals surface area contributed by atoms with E-state index >= 15 is 0 Å². The number of ether oxygens (including phenoxy) is 1. The zero-order valence-electron chi connectivity index (χ0n) is 13.4. The van der Waals surface area contributed by atoms with Crippen LogP contribution in [0.2, 0.25) is 0 Å². The molecule has 24 heavy (non-hydrogen) atoms. The lowest BCUT2D eigenvalue weighted by Gasteiger charge is -2.33. The van der Waals surface area contributed by atoms with Crippen LogP contribution in [0.25, 0.3) is 0 Å². The number of aromatic nitrogens is 1. The highest BCUT2D eigenvalue weighted by atomic mass is 19.1. The van der Waals surface area contributed by atoms with E-state index in [1.807, 2.05) is 6.92 Å². The van der Waals surface area contributed by atoms with Crippen LogP contribution in [0, 0.1) is 5.82 Å². The molecular weight excluding hydrogens is 311 g/mol. The van der Waals surface area contributed by atoms with Crippen molar-refractivity contribution in [2.45, 2.75) is 19.4 Å². The van der Waals surface area contributed by atoms with Crippen molar-refractivity contribution >= 4 is 5.91 Å².